The van der Waals surface area contributed by atoms with Crippen molar-refractivity contribution in [2.24, 2.45) is 0 Å². The Morgan fingerprint density at radius 2 is 2.16 bits per heavy atom. The van der Waals surface area contributed by atoms with E-state index in [-0.39, 0.29) is 5.97 Å². The molecule has 0 unspecified atom stereocenters. The molecule has 3 rings (SSSR count). The van der Waals surface area contributed by atoms with Crippen LogP contribution < -0.4 is 4.74 Å². The van der Waals surface area contributed by atoms with Gasteiger partial charge in [0, 0.05) is 11.1 Å². The molecule has 0 saturated carbocycles. The first kappa shape index (κ1) is 11.8. The molecule has 1 aliphatic rings. The first-order valence-corrected chi connectivity index (χ1v) is 6.07. The number of hydrogen-bond acceptors (Lipinski definition) is 4. The number of hydrogen-bond donors (Lipinski definition) is 1. The van der Waals surface area contributed by atoms with Gasteiger partial charge >= 0.3 is 5.97 Å². The number of rotatable bonds is 2. The second kappa shape index (κ2) is 4.42. The largest absolute Gasteiger partial charge is 0.497 e. The number of esters is 1. The molecule has 0 radical (unpaired) electrons. The van der Waals surface area contributed by atoms with Crippen LogP contribution in [0.25, 0.3) is 11.3 Å². The van der Waals surface area contributed by atoms with Crippen molar-refractivity contribution in [3.8, 4) is 17.0 Å². The van der Waals surface area contributed by atoms with E-state index in [4.69, 9.17) is 9.47 Å². The number of H-pyrrole nitrogens is 1. The van der Waals surface area contributed by atoms with Gasteiger partial charge in [-0.3, -0.25) is 5.10 Å². The van der Waals surface area contributed by atoms with Crippen molar-refractivity contribution in [1.29, 1.82) is 0 Å². The zero-order chi connectivity index (χ0) is 13.4. The van der Waals surface area contributed by atoms with Crippen LogP contribution in [0.3, 0.4) is 0 Å². The van der Waals surface area contributed by atoms with Crippen LogP contribution in [0.1, 0.15) is 21.6 Å². The standard InChI is InChI=1S/C14H14N2O3/c1-18-9-4-6-10-8(7-9)3-5-11-12(10)15-16-13(11)14(17)19-2/h4,6-7H,3,5H2,1-2H3,(H,15,16). The van der Waals surface area contributed by atoms with Gasteiger partial charge in [0.05, 0.1) is 19.9 Å². The van der Waals surface area contributed by atoms with E-state index >= 15 is 0 Å². The summed E-state index contributed by atoms with van der Waals surface area (Å²) in [5.74, 6) is 0.469. The SMILES string of the molecule is COC(=O)c1[nH]nc2c1CCc1cc(OC)ccc1-2. The van der Waals surface area contributed by atoms with Crippen LogP contribution in [0, 0.1) is 0 Å². The molecule has 5 heteroatoms. The van der Waals surface area contributed by atoms with Crippen molar-refractivity contribution in [3.05, 3.63) is 35.0 Å². The molecule has 0 saturated heterocycles. The molecule has 0 atom stereocenters. The second-order valence-corrected chi connectivity index (χ2v) is 4.44. The minimum absolute atomic E-state index is 0.370. The van der Waals surface area contributed by atoms with Crippen molar-refractivity contribution in [3.63, 3.8) is 0 Å². The third-order valence-corrected chi connectivity index (χ3v) is 3.47. The molecule has 0 amide bonds. The normalized spacial score (nSPS) is 12.5. The molecule has 5 nitrogen and oxygen atoms in total. The minimum atomic E-state index is -0.370. The van der Waals surface area contributed by atoms with Crippen LogP contribution in [-0.2, 0) is 17.6 Å². The summed E-state index contributed by atoms with van der Waals surface area (Å²) in [5, 5.41) is 7.04. The van der Waals surface area contributed by atoms with Gasteiger partial charge < -0.3 is 9.47 Å². The van der Waals surface area contributed by atoms with E-state index in [2.05, 4.69) is 10.2 Å². The lowest BCUT2D eigenvalue weighted by molar-refractivity contribution is 0.0592. The highest BCUT2D eigenvalue weighted by molar-refractivity contribution is 5.91. The molecule has 0 bridgehead atoms. The zero-order valence-corrected chi connectivity index (χ0v) is 10.8. The Balaban J connectivity index is 2.10. The average Bonchev–Trinajstić information content (AvgIpc) is 2.89. The fourth-order valence-electron chi connectivity index (χ4n) is 2.50. The topological polar surface area (TPSA) is 64.2 Å². The predicted molar refractivity (Wildman–Crippen MR) is 69.3 cm³/mol. The van der Waals surface area contributed by atoms with Gasteiger partial charge in [0.2, 0.25) is 0 Å². The van der Waals surface area contributed by atoms with Crippen molar-refractivity contribution in [2.45, 2.75) is 12.8 Å². The van der Waals surface area contributed by atoms with E-state index < -0.39 is 0 Å². The number of fused-ring (bicyclic) bond motifs is 3. The number of nitrogens with zero attached hydrogens (tertiary/aromatic N) is 1. The van der Waals surface area contributed by atoms with Crippen LogP contribution in [-0.4, -0.2) is 30.4 Å². The fourth-order valence-corrected chi connectivity index (χ4v) is 2.50. The Hall–Kier alpha value is -2.30. The summed E-state index contributed by atoms with van der Waals surface area (Å²) >= 11 is 0. The maximum absolute atomic E-state index is 11.6. The van der Waals surface area contributed by atoms with Gasteiger partial charge in [-0.2, -0.15) is 5.10 Å². The monoisotopic (exact) mass is 258 g/mol. The number of nitrogens with one attached hydrogen (secondary N) is 1. The van der Waals surface area contributed by atoms with Gasteiger partial charge in [0.25, 0.3) is 0 Å². The first-order chi connectivity index (χ1) is 9.24. The summed E-state index contributed by atoms with van der Waals surface area (Å²) in [6, 6.07) is 5.90. The number of carbonyl (C=O) groups is 1. The quantitative estimate of drug-likeness (QED) is 0.836. The summed E-state index contributed by atoms with van der Waals surface area (Å²) in [5.41, 5.74) is 4.47. The van der Waals surface area contributed by atoms with E-state index in [0.29, 0.717) is 5.69 Å². The summed E-state index contributed by atoms with van der Waals surface area (Å²) in [6.07, 6.45) is 1.64. The lowest BCUT2D eigenvalue weighted by atomic mass is 9.89. The molecular weight excluding hydrogens is 244 g/mol. The van der Waals surface area contributed by atoms with Gasteiger partial charge in [-0.25, -0.2) is 4.79 Å². The Bertz CT molecular complexity index is 646. The number of ether oxygens (including phenoxy) is 2. The number of aryl methyl sites for hydroxylation is 1. The Morgan fingerprint density at radius 3 is 2.89 bits per heavy atom. The predicted octanol–water partition coefficient (Wildman–Crippen LogP) is 1.97. The Labute approximate surface area is 110 Å². The Morgan fingerprint density at radius 1 is 1.32 bits per heavy atom. The van der Waals surface area contributed by atoms with Crippen molar-refractivity contribution in [2.75, 3.05) is 14.2 Å². The molecule has 2 aromatic rings. The second-order valence-electron chi connectivity index (χ2n) is 4.44. The molecule has 1 N–H and O–H groups in total. The van der Waals surface area contributed by atoms with Gasteiger partial charge in [-0.1, -0.05) is 0 Å². The highest BCUT2D eigenvalue weighted by Crippen LogP contribution is 2.35. The highest BCUT2D eigenvalue weighted by atomic mass is 16.5. The van der Waals surface area contributed by atoms with E-state index in [1.165, 1.54) is 12.7 Å². The van der Waals surface area contributed by atoms with Crippen molar-refractivity contribution < 1.29 is 14.3 Å². The highest BCUT2D eigenvalue weighted by Gasteiger charge is 2.25. The van der Waals surface area contributed by atoms with E-state index in [9.17, 15) is 4.79 Å². The van der Waals surface area contributed by atoms with Crippen molar-refractivity contribution in [1.82, 2.24) is 10.2 Å². The summed E-state index contributed by atoms with van der Waals surface area (Å²) in [4.78, 5) is 11.6. The summed E-state index contributed by atoms with van der Waals surface area (Å²) in [6.45, 7) is 0. The average molecular weight is 258 g/mol. The zero-order valence-electron chi connectivity index (χ0n) is 10.8. The molecular formula is C14H14N2O3. The molecule has 1 heterocycles. The molecule has 1 aliphatic carbocycles. The molecule has 0 fully saturated rings. The third-order valence-electron chi connectivity index (χ3n) is 3.47. The number of methoxy groups -OCH3 is 2. The summed E-state index contributed by atoms with van der Waals surface area (Å²) < 4.78 is 9.98. The number of aromatic amines is 1. The maximum atomic E-state index is 11.6. The molecule has 1 aromatic heterocycles. The van der Waals surface area contributed by atoms with Gasteiger partial charge in [-0.05, 0) is 36.6 Å². The molecule has 0 aliphatic heterocycles. The van der Waals surface area contributed by atoms with Crippen LogP contribution >= 0.6 is 0 Å². The van der Waals surface area contributed by atoms with Crippen LogP contribution in [0.4, 0.5) is 0 Å². The first-order valence-electron chi connectivity index (χ1n) is 6.07. The van der Waals surface area contributed by atoms with E-state index in [1.54, 1.807) is 7.11 Å². The number of benzene rings is 1. The number of aromatic nitrogens is 2. The molecule has 0 spiro atoms. The molecule has 19 heavy (non-hydrogen) atoms. The lowest BCUT2D eigenvalue weighted by Gasteiger charge is -2.16. The maximum Gasteiger partial charge on any atom is 0.356 e. The van der Waals surface area contributed by atoms with Gasteiger partial charge in [-0.15, -0.1) is 0 Å². The Kier molecular flexibility index (Phi) is 2.74. The van der Waals surface area contributed by atoms with Crippen LogP contribution in [0.5, 0.6) is 5.75 Å². The van der Waals surface area contributed by atoms with E-state index in [0.717, 1.165) is 35.4 Å². The molecule has 1 aromatic carbocycles. The van der Waals surface area contributed by atoms with Gasteiger partial charge in [0.1, 0.15) is 11.4 Å². The number of carbonyl (C=O) groups excluding carboxylic acids is 1. The minimum Gasteiger partial charge on any atom is -0.497 e. The third kappa shape index (κ3) is 1.78. The van der Waals surface area contributed by atoms with Gasteiger partial charge in [0.15, 0.2) is 0 Å². The van der Waals surface area contributed by atoms with Crippen LogP contribution in [0.2, 0.25) is 0 Å². The fraction of sp³-hybridized carbons (Fsp3) is 0.286. The van der Waals surface area contributed by atoms with E-state index in [1.807, 2.05) is 18.2 Å². The van der Waals surface area contributed by atoms with Crippen LogP contribution in [0.15, 0.2) is 18.2 Å². The smallest absolute Gasteiger partial charge is 0.356 e. The summed E-state index contributed by atoms with van der Waals surface area (Å²) in [7, 11) is 3.02. The van der Waals surface area contributed by atoms with Crippen molar-refractivity contribution >= 4 is 5.97 Å². The lowest BCUT2D eigenvalue weighted by Crippen LogP contribution is -2.09. The molecule has 98 valence electrons.